The van der Waals surface area contributed by atoms with Crippen molar-refractivity contribution >= 4 is 40.9 Å². The van der Waals surface area contributed by atoms with Gasteiger partial charge in [0.1, 0.15) is 0 Å². The minimum atomic E-state index is -0.0316. The van der Waals surface area contributed by atoms with Crippen LogP contribution in [0.15, 0.2) is 53.7 Å². The van der Waals surface area contributed by atoms with Crippen molar-refractivity contribution in [2.45, 2.75) is 18.1 Å². The fourth-order valence-electron chi connectivity index (χ4n) is 2.48. The number of amides is 1. The molecular formula is C19H18Cl2N4OS. The van der Waals surface area contributed by atoms with Crippen LogP contribution in [0.5, 0.6) is 0 Å². The molecule has 8 heteroatoms. The summed E-state index contributed by atoms with van der Waals surface area (Å²) in [6.07, 6.45) is 0.378. The van der Waals surface area contributed by atoms with Crippen molar-refractivity contribution in [2.24, 2.45) is 7.05 Å². The molecule has 140 valence electrons. The lowest BCUT2D eigenvalue weighted by molar-refractivity contribution is -0.120. The number of carbonyl (C=O) groups excluding carboxylic acids is 1. The van der Waals surface area contributed by atoms with E-state index in [1.165, 1.54) is 11.8 Å². The second-order valence-corrected chi connectivity index (χ2v) is 7.69. The number of nitrogens with one attached hydrogen (secondary N) is 1. The van der Waals surface area contributed by atoms with E-state index in [2.05, 4.69) is 15.5 Å². The van der Waals surface area contributed by atoms with Crippen molar-refractivity contribution in [3.8, 4) is 11.4 Å². The summed E-state index contributed by atoms with van der Waals surface area (Å²) in [7, 11) is 1.89. The lowest BCUT2D eigenvalue weighted by atomic mass is 10.2. The topological polar surface area (TPSA) is 59.8 Å². The quantitative estimate of drug-likeness (QED) is 0.567. The monoisotopic (exact) mass is 420 g/mol. The minimum Gasteiger partial charge on any atom is -0.352 e. The molecule has 5 nitrogen and oxygen atoms in total. The summed E-state index contributed by atoms with van der Waals surface area (Å²) in [5.74, 6) is 1.27. The second-order valence-electron chi connectivity index (χ2n) is 5.81. The SMILES string of the molecule is Cn1c(SCCC(=O)NCc2ccccc2Cl)nnc1-c1ccccc1Cl. The summed E-state index contributed by atoms with van der Waals surface area (Å²) in [4.78, 5) is 12.0. The van der Waals surface area contributed by atoms with E-state index in [0.717, 1.165) is 16.3 Å². The molecule has 2 aromatic carbocycles. The van der Waals surface area contributed by atoms with Crippen molar-refractivity contribution in [1.82, 2.24) is 20.1 Å². The van der Waals surface area contributed by atoms with Gasteiger partial charge in [-0.25, -0.2) is 0 Å². The molecule has 0 bridgehead atoms. The normalized spacial score (nSPS) is 10.8. The molecule has 1 N–H and O–H groups in total. The highest BCUT2D eigenvalue weighted by molar-refractivity contribution is 7.99. The van der Waals surface area contributed by atoms with Crippen LogP contribution < -0.4 is 5.32 Å². The number of hydrogen-bond acceptors (Lipinski definition) is 4. The van der Waals surface area contributed by atoms with Crippen LogP contribution in [0.2, 0.25) is 10.0 Å². The van der Waals surface area contributed by atoms with Crippen LogP contribution in [0.4, 0.5) is 0 Å². The van der Waals surface area contributed by atoms with Gasteiger partial charge in [-0.15, -0.1) is 10.2 Å². The molecule has 1 heterocycles. The van der Waals surface area contributed by atoms with E-state index in [-0.39, 0.29) is 5.91 Å². The van der Waals surface area contributed by atoms with E-state index in [9.17, 15) is 4.79 Å². The van der Waals surface area contributed by atoms with Crippen LogP contribution in [0.3, 0.4) is 0 Å². The van der Waals surface area contributed by atoms with Gasteiger partial charge in [0.15, 0.2) is 11.0 Å². The van der Waals surface area contributed by atoms with Gasteiger partial charge in [-0.2, -0.15) is 0 Å². The van der Waals surface area contributed by atoms with Crippen LogP contribution in [0.1, 0.15) is 12.0 Å². The molecule has 1 aromatic heterocycles. The van der Waals surface area contributed by atoms with E-state index in [1.54, 1.807) is 0 Å². The van der Waals surface area contributed by atoms with Crippen LogP contribution in [-0.2, 0) is 18.4 Å². The Balaban J connectivity index is 1.52. The van der Waals surface area contributed by atoms with Gasteiger partial charge < -0.3 is 9.88 Å². The second kappa shape index (κ2) is 9.26. The van der Waals surface area contributed by atoms with Gasteiger partial charge in [-0.3, -0.25) is 4.79 Å². The molecule has 1 amide bonds. The van der Waals surface area contributed by atoms with E-state index in [4.69, 9.17) is 23.2 Å². The third-order valence-electron chi connectivity index (χ3n) is 3.94. The predicted octanol–water partition coefficient (Wildman–Crippen LogP) is 4.59. The number of carbonyl (C=O) groups is 1. The van der Waals surface area contributed by atoms with Crippen molar-refractivity contribution in [2.75, 3.05) is 5.75 Å². The number of hydrogen-bond donors (Lipinski definition) is 1. The molecule has 0 spiro atoms. The maximum absolute atomic E-state index is 12.0. The van der Waals surface area contributed by atoms with Gasteiger partial charge in [-0.1, -0.05) is 65.3 Å². The highest BCUT2D eigenvalue weighted by atomic mass is 35.5. The Morgan fingerprint density at radius 2 is 1.78 bits per heavy atom. The van der Waals surface area contributed by atoms with E-state index < -0.39 is 0 Å². The molecule has 3 aromatic rings. The molecule has 27 heavy (non-hydrogen) atoms. The van der Waals surface area contributed by atoms with Gasteiger partial charge in [-0.05, 0) is 23.8 Å². The summed E-state index contributed by atoms with van der Waals surface area (Å²) >= 11 is 13.8. The first-order chi connectivity index (χ1) is 13.1. The molecule has 0 atom stereocenters. The summed E-state index contributed by atoms with van der Waals surface area (Å²) in [5, 5.41) is 13.3. The van der Waals surface area contributed by atoms with Gasteiger partial charge >= 0.3 is 0 Å². The highest BCUT2D eigenvalue weighted by Crippen LogP contribution is 2.28. The van der Waals surface area contributed by atoms with E-state index in [0.29, 0.717) is 34.6 Å². The molecular weight excluding hydrogens is 403 g/mol. The number of benzene rings is 2. The van der Waals surface area contributed by atoms with E-state index >= 15 is 0 Å². The summed E-state index contributed by atoms with van der Waals surface area (Å²) in [6, 6.07) is 15.0. The first kappa shape index (κ1) is 19.7. The Morgan fingerprint density at radius 1 is 1.07 bits per heavy atom. The van der Waals surface area contributed by atoms with Crippen LogP contribution in [0, 0.1) is 0 Å². The van der Waals surface area contributed by atoms with E-state index in [1.807, 2.05) is 60.1 Å². The molecule has 0 saturated heterocycles. The fraction of sp³-hybridized carbons (Fsp3) is 0.211. The highest BCUT2D eigenvalue weighted by Gasteiger charge is 2.14. The molecule has 0 aliphatic carbocycles. The van der Waals surface area contributed by atoms with Crippen molar-refractivity contribution in [3.05, 3.63) is 64.1 Å². The Morgan fingerprint density at radius 3 is 2.52 bits per heavy atom. The smallest absolute Gasteiger partial charge is 0.221 e. The fourth-order valence-corrected chi connectivity index (χ4v) is 3.75. The van der Waals surface area contributed by atoms with Crippen LogP contribution >= 0.6 is 35.0 Å². The zero-order valence-electron chi connectivity index (χ0n) is 14.7. The average Bonchev–Trinajstić information content (AvgIpc) is 3.02. The zero-order chi connectivity index (χ0) is 19.2. The van der Waals surface area contributed by atoms with Gasteiger partial charge in [0.25, 0.3) is 0 Å². The van der Waals surface area contributed by atoms with Crippen molar-refractivity contribution in [1.29, 1.82) is 0 Å². The van der Waals surface area contributed by atoms with Crippen LogP contribution in [-0.4, -0.2) is 26.4 Å². The van der Waals surface area contributed by atoms with Gasteiger partial charge in [0.2, 0.25) is 5.91 Å². The number of rotatable bonds is 7. The minimum absolute atomic E-state index is 0.0316. The summed E-state index contributed by atoms with van der Waals surface area (Å²) < 4.78 is 1.88. The molecule has 0 unspecified atom stereocenters. The Labute approximate surface area is 172 Å². The lowest BCUT2D eigenvalue weighted by Gasteiger charge is -2.07. The first-order valence-electron chi connectivity index (χ1n) is 8.33. The van der Waals surface area contributed by atoms with Gasteiger partial charge in [0, 0.05) is 36.4 Å². The Hall–Kier alpha value is -2.02. The summed E-state index contributed by atoms with van der Waals surface area (Å²) in [5.41, 5.74) is 1.73. The number of halogens is 2. The maximum Gasteiger partial charge on any atom is 0.221 e. The average molecular weight is 421 g/mol. The first-order valence-corrected chi connectivity index (χ1v) is 10.1. The number of thioether (sulfide) groups is 1. The Kier molecular flexibility index (Phi) is 6.77. The lowest BCUT2D eigenvalue weighted by Crippen LogP contribution is -2.23. The number of nitrogens with zero attached hydrogens (tertiary/aromatic N) is 3. The number of aromatic nitrogens is 3. The maximum atomic E-state index is 12.0. The predicted molar refractivity (Wildman–Crippen MR) is 110 cm³/mol. The van der Waals surface area contributed by atoms with Crippen molar-refractivity contribution in [3.63, 3.8) is 0 Å². The zero-order valence-corrected chi connectivity index (χ0v) is 17.0. The summed E-state index contributed by atoms with van der Waals surface area (Å²) in [6.45, 7) is 0.420. The molecule has 0 fully saturated rings. The molecule has 0 saturated carbocycles. The molecule has 0 aliphatic heterocycles. The Bertz CT molecular complexity index is 945. The van der Waals surface area contributed by atoms with Crippen LogP contribution in [0.25, 0.3) is 11.4 Å². The molecule has 0 aliphatic rings. The standard InChI is InChI=1S/C19H18Cl2N4OS/c1-25-18(14-7-3-5-9-16(14)21)23-24-19(25)27-11-10-17(26)22-12-13-6-2-4-8-15(13)20/h2-9H,10-12H2,1H3,(H,22,26). The molecule has 3 rings (SSSR count). The largest absolute Gasteiger partial charge is 0.352 e. The van der Waals surface area contributed by atoms with Crippen molar-refractivity contribution < 1.29 is 4.79 Å². The van der Waals surface area contributed by atoms with Gasteiger partial charge in [0.05, 0.1) is 5.02 Å². The third-order valence-corrected chi connectivity index (χ3v) is 5.66. The third kappa shape index (κ3) is 5.03. The molecule has 0 radical (unpaired) electrons.